The molecule has 0 unspecified atom stereocenters. The van der Waals surface area contributed by atoms with Crippen molar-refractivity contribution in [1.29, 1.82) is 0 Å². The van der Waals surface area contributed by atoms with Crippen LogP contribution in [0, 0.1) is 0 Å². The third kappa shape index (κ3) is 4.44. The first-order chi connectivity index (χ1) is 8.06. The second-order valence-corrected chi connectivity index (χ2v) is 5.39. The second-order valence-electron chi connectivity index (χ2n) is 3.28. The Morgan fingerprint density at radius 1 is 1.29 bits per heavy atom. The zero-order chi connectivity index (χ0) is 12.7. The van der Waals surface area contributed by atoms with Crippen molar-refractivity contribution in [3.05, 3.63) is 30.3 Å². The maximum Gasteiger partial charge on any atom is 0.407 e. The highest BCUT2D eigenvalue weighted by molar-refractivity contribution is 7.91. The fraction of sp³-hybridized carbons (Fsp3) is 0.364. The molecule has 0 fully saturated rings. The summed E-state index contributed by atoms with van der Waals surface area (Å²) in [6, 6.07) is 8.12. The largest absolute Gasteiger partial charge is 0.450 e. The molecular formula is C11H15NO4S. The highest BCUT2D eigenvalue weighted by Gasteiger charge is 2.13. The summed E-state index contributed by atoms with van der Waals surface area (Å²) in [5.41, 5.74) is 0. The minimum atomic E-state index is -3.34. The predicted octanol–water partition coefficient (Wildman–Crippen LogP) is 1.21. The Balaban J connectivity index is 2.49. The molecule has 0 saturated carbocycles. The Morgan fingerprint density at radius 3 is 2.53 bits per heavy atom. The third-order valence-electron chi connectivity index (χ3n) is 2.02. The van der Waals surface area contributed by atoms with Crippen molar-refractivity contribution >= 4 is 15.9 Å². The number of sulfone groups is 1. The fourth-order valence-corrected chi connectivity index (χ4v) is 2.39. The van der Waals surface area contributed by atoms with Crippen molar-refractivity contribution < 1.29 is 17.9 Å². The molecule has 6 heteroatoms. The normalized spacial score (nSPS) is 10.9. The molecule has 1 aromatic rings. The monoisotopic (exact) mass is 257 g/mol. The van der Waals surface area contributed by atoms with Crippen molar-refractivity contribution in [3.63, 3.8) is 0 Å². The van der Waals surface area contributed by atoms with Crippen LogP contribution in [-0.2, 0) is 14.6 Å². The van der Waals surface area contributed by atoms with Crippen LogP contribution < -0.4 is 5.32 Å². The van der Waals surface area contributed by atoms with Crippen LogP contribution in [0.4, 0.5) is 4.79 Å². The van der Waals surface area contributed by atoms with Crippen LogP contribution >= 0.6 is 0 Å². The number of amides is 1. The number of carbonyl (C=O) groups is 1. The summed E-state index contributed by atoms with van der Waals surface area (Å²) >= 11 is 0. The molecule has 0 radical (unpaired) electrons. The number of carbonyl (C=O) groups excluding carboxylic acids is 1. The van der Waals surface area contributed by atoms with Gasteiger partial charge < -0.3 is 10.1 Å². The van der Waals surface area contributed by atoms with Gasteiger partial charge in [-0.2, -0.15) is 0 Å². The lowest BCUT2D eigenvalue weighted by Gasteiger charge is -2.06. The van der Waals surface area contributed by atoms with E-state index in [1.54, 1.807) is 25.1 Å². The predicted molar refractivity (Wildman–Crippen MR) is 63.5 cm³/mol. The van der Waals surface area contributed by atoms with E-state index in [-0.39, 0.29) is 23.8 Å². The molecule has 0 spiro atoms. The van der Waals surface area contributed by atoms with Gasteiger partial charge in [0, 0.05) is 6.54 Å². The van der Waals surface area contributed by atoms with Gasteiger partial charge in [0.15, 0.2) is 9.84 Å². The van der Waals surface area contributed by atoms with E-state index in [1.807, 2.05) is 0 Å². The van der Waals surface area contributed by atoms with Crippen LogP contribution in [0.3, 0.4) is 0 Å². The topological polar surface area (TPSA) is 72.5 Å². The molecule has 1 N–H and O–H groups in total. The zero-order valence-electron chi connectivity index (χ0n) is 9.55. The van der Waals surface area contributed by atoms with Crippen LogP contribution in [0.25, 0.3) is 0 Å². The van der Waals surface area contributed by atoms with E-state index in [0.717, 1.165) is 0 Å². The molecule has 1 rings (SSSR count). The fourth-order valence-electron chi connectivity index (χ4n) is 1.22. The average Bonchev–Trinajstić information content (AvgIpc) is 2.30. The van der Waals surface area contributed by atoms with E-state index in [4.69, 9.17) is 0 Å². The average molecular weight is 257 g/mol. The van der Waals surface area contributed by atoms with Gasteiger partial charge in [0.1, 0.15) is 0 Å². The first-order valence-corrected chi connectivity index (χ1v) is 6.90. The van der Waals surface area contributed by atoms with Crippen molar-refractivity contribution in [3.8, 4) is 0 Å². The van der Waals surface area contributed by atoms with Gasteiger partial charge in [0.2, 0.25) is 0 Å². The summed E-state index contributed by atoms with van der Waals surface area (Å²) in [7, 11) is -3.34. The lowest BCUT2D eigenvalue weighted by molar-refractivity contribution is 0.153. The van der Waals surface area contributed by atoms with Crippen LogP contribution in [0.2, 0.25) is 0 Å². The molecule has 0 aliphatic carbocycles. The van der Waals surface area contributed by atoms with E-state index >= 15 is 0 Å². The van der Waals surface area contributed by atoms with E-state index in [0.29, 0.717) is 0 Å². The zero-order valence-corrected chi connectivity index (χ0v) is 10.4. The molecule has 1 amide bonds. The van der Waals surface area contributed by atoms with Crippen molar-refractivity contribution in [2.24, 2.45) is 0 Å². The Kier molecular flexibility index (Phi) is 4.96. The first kappa shape index (κ1) is 13.5. The quantitative estimate of drug-likeness (QED) is 0.860. The van der Waals surface area contributed by atoms with Gasteiger partial charge in [-0.25, -0.2) is 13.2 Å². The number of rotatable bonds is 5. The summed E-state index contributed by atoms with van der Waals surface area (Å²) in [4.78, 5) is 11.2. The maximum absolute atomic E-state index is 11.8. The molecule has 0 bridgehead atoms. The number of hydrogen-bond acceptors (Lipinski definition) is 4. The number of hydrogen-bond donors (Lipinski definition) is 1. The van der Waals surface area contributed by atoms with E-state index in [2.05, 4.69) is 10.1 Å². The van der Waals surface area contributed by atoms with Crippen molar-refractivity contribution in [1.82, 2.24) is 5.32 Å². The van der Waals surface area contributed by atoms with Gasteiger partial charge in [0.05, 0.1) is 17.3 Å². The SMILES string of the molecule is CCOC(=O)NCCS(=O)(=O)c1ccccc1. The lowest BCUT2D eigenvalue weighted by Crippen LogP contribution is -2.29. The number of alkyl carbamates (subject to hydrolysis) is 1. The van der Waals surface area contributed by atoms with Crippen LogP contribution in [0.15, 0.2) is 35.2 Å². The van der Waals surface area contributed by atoms with Gasteiger partial charge in [0.25, 0.3) is 0 Å². The van der Waals surface area contributed by atoms with Crippen molar-refractivity contribution in [2.75, 3.05) is 18.9 Å². The molecule has 17 heavy (non-hydrogen) atoms. The molecule has 0 saturated heterocycles. The Bertz CT molecular complexity index is 456. The molecule has 0 aliphatic rings. The first-order valence-electron chi connectivity index (χ1n) is 5.24. The van der Waals surface area contributed by atoms with Gasteiger partial charge in [-0.05, 0) is 19.1 Å². The summed E-state index contributed by atoms with van der Waals surface area (Å²) in [5.74, 6) is -0.143. The number of nitrogens with one attached hydrogen (secondary N) is 1. The van der Waals surface area contributed by atoms with Crippen LogP contribution in [-0.4, -0.2) is 33.4 Å². The van der Waals surface area contributed by atoms with Gasteiger partial charge in [-0.15, -0.1) is 0 Å². The number of benzene rings is 1. The lowest BCUT2D eigenvalue weighted by atomic mass is 10.4. The second kappa shape index (κ2) is 6.24. The minimum Gasteiger partial charge on any atom is -0.450 e. The van der Waals surface area contributed by atoms with Gasteiger partial charge in [-0.1, -0.05) is 18.2 Å². The van der Waals surface area contributed by atoms with Crippen molar-refractivity contribution in [2.45, 2.75) is 11.8 Å². The molecule has 94 valence electrons. The Morgan fingerprint density at radius 2 is 1.94 bits per heavy atom. The highest BCUT2D eigenvalue weighted by atomic mass is 32.2. The third-order valence-corrected chi connectivity index (χ3v) is 3.75. The summed E-state index contributed by atoms with van der Waals surface area (Å²) < 4.78 is 28.2. The Hall–Kier alpha value is -1.56. The molecular weight excluding hydrogens is 242 g/mol. The standard InChI is InChI=1S/C11H15NO4S/c1-2-16-11(13)12-8-9-17(14,15)10-6-4-3-5-7-10/h3-7H,2,8-9H2,1H3,(H,12,13). The van der Waals surface area contributed by atoms with Gasteiger partial charge >= 0.3 is 6.09 Å². The Labute approximate surface area is 101 Å². The minimum absolute atomic E-state index is 0.0378. The van der Waals surface area contributed by atoms with E-state index < -0.39 is 15.9 Å². The molecule has 0 atom stereocenters. The molecule has 5 nitrogen and oxygen atoms in total. The molecule has 0 aliphatic heterocycles. The van der Waals surface area contributed by atoms with E-state index in [1.165, 1.54) is 12.1 Å². The number of ether oxygens (including phenoxy) is 1. The molecule has 0 heterocycles. The summed E-state index contributed by atoms with van der Waals surface area (Å²) in [6.45, 7) is 1.98. The van der Waals surface area contributed by atoms with E-state index in [9.17, 15) is 13.2 Å². The smallest absolute Gasteiger partial charge is 0.407 e. The molecule has 0 aromatic heterocycles. The van der Waals surface area contributed by atoms with Gasteiger partial charge in [-0.3, -0.25) is 0 Å². The summed E-state index contributed by atoms with van der Waals surface area (Å²) in [5, 5.41) is 2.37. The van der Waals surface area contributed by atoms with Crippen LogP contribution in [0.5, 0.6) is 0 Å². The summed E-state index contributed by atoms with van der Waals surface area (Å²) in [6.07, 6.45) is -0.601. The maximum atomic E-state index is 11.8. The highest BCUT2D eigenvalue weighted by Crippen LogP contribution is 2.09. The van der Waals surface area contributed by atoms with Crippen LogP contribution in [0.1, 0.15) is 6.92 Å². The molecule has 1 aromatic carbocycles.